The van der Waals surface area contributed by atoms with E-state index >= 15 is 0 Å². The maximum absolute atomic E-state index is 12.8. The summed E-state index contributed by atoms with van der Waals surface area (Å²) in [6, 6.07) is 24.4. The van der Waals surface area contributed by atoms with Crippen molar-refractivity contribution in [3.63, 3.8) is 0 Å². The molecule has 39 heavy (non-hydrogen) atoms. The zero-order chi connectivity index (χ0) is 27.2. The molecular formula is C31H30N2O6. The van der Waals surface area contributed by atoms with Gasteiger partial charge < -0.3 is 19.0 Å². The highest BCUT2D eigenvalue weighted by molar-refractivity contribution is 5.78. The van der Waals surface area contributed by atoms with E-state index in [9.17, 15) is 14.7 Å². The lowest BCUT2D eigenvalue weighted by Gasteiger charge is -2.20. The number of aliphatic carboxylic acids is 1. The number of carboxylic acid groups (broad SMARTS) is 1. The number of rotatable bonds is 11. The molecular weight excluding hydrogens is 496 g/mol. The Morgan fingerprint density at radius 1 is 1.00 bits per heavy atom. The SMILES string of the molecule is Cc1oc(-c2ccccc2)nc1CCOc1ccc(CN(CC(=O)O)C(=O)Oc2cccc(C3CC3)c2)cc1. The van der Waals surface area contributed by atoms with Gasteiger partial charge in [-0.05, 0) is 73.2 Å². The van der Waals surface area contributed by atoms with Crippen LogP contribution < -0.4 is 9.47 Å². The predicted octanol–water partition coefficient (Wildman–Crippen LogP) is 6.23. The number of aromatic nitrogens is 1. The Kier molecular flexibility index (Phi) is 7.91. The van der Waals surface area contributed by atoms with Crippen LogP contribution in [-0.4, -0.2) is 40.2 Å². The Labute approximate surface area is 226 Å². The average Bonchev–Trinajstić information content (AvgIpc) is 3.72. The number of oxazole rings is 1. The molecule has 1 heterocycles. The van der Waals surface area contributed by atoms with Gasteiger partial charge in [0.1, 0.15) is 23.8 Å². The molecule has 1 fully saturated rings. The van der Waals surface area contributed by atoms with Gasteiger partial charge in [-0.15, -0.1) is 0 Å². The maximum Gasteiger partial charge on any atom is 0.416 e. The van der Waals surface area contributed by atoms with Crippen LogP contribution in [0.3, 0.4) is 0 Å². The topological polar surface area (TPSA) is 102 Å². The number of carboxylic acids is 1. The molecule has 8 heteroatoms. The molecule has 1 saturated carbocycles. The first-order valence-corrected chi connectivity index (χ1v) is 13.0. The summed E-state index contributed by atoms with van der Waals surface area (Å²) in [7, 11) is 0. The Balaban J connectivity index is 1.15. The van der Waals surface area contributed by atoms with Gasteiger partial charge in [-0.3, -0.25) is 9.69 Å². The fourth-order valence-electron chi connectivity index (χ4n) is 4.30. The van der Waals surface area contributed by atoms with Gasteiger partial charge in [0.05, 0.1) is 12.3 Å². The van der Waals surface area contributed by atoms with Crippen molar-refractivity contribution in [2.24, 2.45) is 0 Å². The fraction of sp³-hybridized carbons (Fsp3) is 0.258. The lowest BCUT2D eigenvalue weighted by molar-refractivity contribution is -0.138. The summed E-state index contributed by atoms with van der Waals surface area (Å²) < 4.78 is 17.2. The number of aryl methyl sites for hydroxylation is 1. The molecule has 0 atom stereocenters. The predicted molar refractivity (Wildman–Crippen MR) is 145 cm³/mol. The Hall–Kier alpha value is -4.59. The van der Waals surface area contributed by atoms with Crippen molar-refractivity contribution in [2.75, 3.05) is 13.2 Å². The number of hydrogen-bond donors (Lipinski definition) is 1. The largest absolute Gasteiger partial charge is 0.493 e. The van der Waals surface area contributed by atoms with Crippen LogP contribution in [0.2, 0.25) is 0 Å². The minimum absolute atomic E-state index is 0.0914. The van der Waals surface area contributed by atoms with Gasteiger partial charge in [-0.1, -0.05) is 42.5 Å². The van der Waals surface area contributed by atoms with E-state index in [0.717, 1.165) is 41.0 Å². The third-order valence-electron chi connectivity index (χ3n) is 6.51. The van der Waals surface area contributed by atoms with E-state index in [2.05, 4.69) is 4.98 Å². The van der Waals surface area contributed by atoms with E-state index < -0.39 is 18.6 Å². The molecule has 1 aliphatic carbocycles. The van der Waals surface area contributed by atoms with Crippen LogP contribution in [0.5, 0.6) is 11.5 Å². The second kappa shape index (κ2) is 11.9. The fourth-order valence-corrected chi connectivity index (χ4v) is 4.30. The number of amides is 1. The second-order valence-corrected chi connectivity index (χ2v) is 9.59. The number of benzene rings is 3. The van der Waals surface area contributed by atoms with Crippen molar-refractivity contribution in [3.05, 3.63) is 101 Å². The first-order valence-electron chi connectivity index (χ1n) is 13.0. The van der Waals surface area contributed by atoms with E-state index in [1.165, 1.54) is 4.90 Å². The third kappa shape index (κ3) is 7.04. The molecule has 0 saturated heterocycles. The smallest absolute Gasteiger partial charge is 0.416 e. The number of hydrogen-bond acceptors (Lipinski definition) is 6. The van der Waals surface area contributed by atoms with Crippen LogP contribution in [0.4, 0.5) is 4.79 Å². The van der Waals surface area contributed by atoms with E-state index in [1.54, 1.807) is 30.3 Å². The van der Waals surface area contributed by atoms with Crippen molar-refractivity contribution in [3.8, 4) is 23.0 Å². The summed E-state index contributed by atoms with van der Waals surface area (Å²) in [6.07, 6.45) is 2.15. The molecule has 1 amide bonds. The van der Waals surface area contributed by atoms with Crippen molar-refractivity contribution >= 4 is 12.1 Å². The first-order chi connectivity index (χ1) is 18.9. The molecule has 3 aromatic carbocycles. The van der Waals surface area contributed by atoms with Crippen LogP contribution in [-0.2, 0) is 17.8 Å². The second-order valence-electron chi connectivity index (χ2n) is 9.59. The summed E-state index contributed by atoms with van der Waals surface area (Å²) in [6.45, 7) is 1.93. The molecule has 1 aromatic heterocycles. The van der Waals surface area contributed by atoms with Gasteiger partial charge >= 0.3 is 12.1 Å². The summed E-state index contributed by atoms with van der Waals surface area (Å²) in [5.74, 6) is 1.84. The Morgan fingerprint density at radius 3 is 2.49 bits per heavy atom. The number of nitrogens with zero attached hydrogens (tertiary/aromatic N) is 2. The van der Waals surface area contributed by atoms with Crippen LogP contribution in [0.25, 0.3) is 11.5 Å². The Bertz CT molecular complexity index is 1430. The monoisotopic (exact) mass is 526 g/mol. The van der Waals surface area contributed by atoms with Crippen LogP contribution >= 0.6 is 0 Å². The molecule has 0 spiro atoms. The van der Waals surface area contributed by atoms with E-state index in [0.29, 0.717) is 36.3 Å². The minimum Gasteiger partial charge on any atom is -0.493 e. The zero-order valence-corrected chi connectivity index (χ0v) is 21.7. The summed E-state index contributed by atoms with van der Waals surface area (Å²) in [5.41, 5.74) is 3.66. The molecule has 0 radical (unpaired) electrons. The molecule has 0 unspecified atom stereocenters. The highest BCUT2D eigenvalue weighted by Gasteiger charge is 2.25. The number of carbonyl (C=O) groups excluding carboxylic acids is 1. The van der Waals surface area contributed by atoms with Crippen molar-refractivity contribution < 1.29 is 28.6 Å². The molecule has 5 rings (SSSR count). The van der Waals surface area contributed by atoms with E-state index in [1.807, 2.05) is 55.5 Å². The quantitative estimate of drug-likeness (QED) is 0.247. The molecule has 1 N–H and O–H groups in total. The summed E-state index contributed by atoms with van der Waals surface area (Å²) >= 11 is 0. The molecule has 0 bridgehead atoms. The normalized spacial score (nSPS) is 12.6. The van der Waals surface area contributed by atoms with Crippen LogP contribution in [0.1, 0.15) is 41.3 Å². The molecule has 0 aliphatic heterocycles. The third-order valence-corrected chi connectivity index (χ3v) is 6.51. The highest BCUT2D eigenvalue weighted by atomic mass is 16.6. The van der Waals surface area contributed by atoms with Gasteiger partial charge in [-0.25, -0.2) is 9.78 Å². The van der Waals surface area contributed by atoms with Gasteiger partial charge in [0.25, 0.3) is 0 Å². The average molecular weight is 527 g/mol. The molecule has 8 nitrogen and oxygen atoms in total. The highest BCUT2D eigenvalue weighted by Crippen LogP contribution is 2.41. The van der Waals surface area contributed by atoms with Crippen molar-refractivity contribution in [1.82, 2.24) is 9.88 Å². The van der Waals surface area contributed by atoms with Gasteiger partial charge in [-0.2, -0.15) is 0 Å². The van der Waals surface area contributed by atoms with Crippen LogP contribution in [0.15, 0.2) is 83.3 Å². The maximum atomic E-state index is 12.8. The lowest BCUT2D eigenvalue weighted by atomic mass is 10.1. The van der Waals surface area contributed by atoms with Crippen LogP contribution in [0, 0.1) is 6.92 Å². The zero-order valence-electron chi connectivity index (χ0n) is 21.7. The minimum atomic E-state index is -1.11. The standard InChI is InChI=1S/C31H30N2O6/c1-21-28(32-30(38-21)24-6-3-2-4-7-24)16-17-37-26-14-10-22(11-15-26)19-33(20-29(34)35)31(36)39-27-9-5-8-25(18-27)23-12-13-23/h2-11,14-15,18,23H,12-13,16-17,19-20H2,1H3,(H,34,35). The molecule has 200 valence electrons. The van der Waals surface area contributed by atoms with E-state index in [-0.39, 0.29) is 6.54 Å². The molecule has 4 aromatic rings. The number of carbonyl (C=O) groups is 2. The summed E-state index contributed by atoms with van der Waals surface area (Å²) in [4.78, 5) is 30.0. The van der Waals surface area contributed by atoms with E-state index in [4.69, 9.17) is 13.9 Å². The van der Waals surface area contributed by atoms with Gasteiger partial charge in [0, 0.05) is 18.5 Å². The van der Waals surface area contributed by atoms with Crippen molar-refractivity contribution in [1.29, 1.82) is 0 Å². The Morgan fingerprint density at radius 2 is 1.77 bits per heavy atom. The van der Waals surface area contributed by atoms with Gasteiger partial charge in [0.15, 0.2) is 0 Å². The van der Waals surface area contributed by atoms with Gasteiger partial charge in [0.2, 0.25) is 5.89 Å². The van der Waals surface area contributed by atoms with Crippen molar-refractivity contribution in [2.45, 2.75) is 38.6 Å². The molecule has 1 aliphatic rings. The number of ether oxygens (including phenoxy) is 2. The summed E-state index contributed by atoms with van der Waals surface area (Å²) in [5, 5.41) is 9.34. The lowest BCUT2D eigenvalue weighted by Crippen LogP contribution is -2.37. The first kappa shape index (κ1) is 26.0.